The van der Waals surface area contributed by atoms with Crippen molar-refractivity contribution in [3.63, 3.8) is 0 Å². The van der Waals surface area contributed by atoms with Crippen LogP contribution in [-0.2, 0) is 23.7 Å². The number of nitrogens with two attached hydrogens (primary N) is 2. The van der Waals surface area contributed by atoms with Gasteiger partial charge in [-0.2, -0.15) is 0 Å². The molecule has 10 nitrogen and oxygen atoms in total. The van der Waals surface area contributed by atoms with Crippen LogP contribution in [0.3, 0.4) is 0 Å². The van der Waals surface area contributed by atoms with Gasteiger partial charge in [-0.05, 0) is 72.8 Å². The van der Waals surface area contributed by atoms with Gasteiger partial charge >= 0.3 is 0 Å². The molecule has 400 valence electrons. The van der Waals surface area contributed by atoms with E-state index in [0.29, 0.717) is 95.7 Å². The number of aromatic nitrogens is 8. The molecule has 4 aromatic heterocycles. The van der Waals surface area contributed by atoms with Crippen molar-refractivity contribution in [2.45, 2.75) is 23.7 Å². The molecule has 0 spiro atoms. The second-order valence-corrected chi connectivity index (χ2v) is 21.5. The third kappa shape index (κ3) is 13.3. The second-order valence-electron chi connectivity index (χ2n) is 17.1. The van der Waals surface area contributed by atoms with E-state index in [0.717, 1.165) is 67.1 Å². The molecular formula is C60H40Br2Cl8N10. The van der Waals surface area contributed by atoms with Crippen LogP contribution in [0.25, 0.3) is 89.2 Å². The number of alkyl halides is 2. The fourth-order valence-electron chi connectivity index (χ4n) is 8.26. The summed E-state index contributed by atoms with van der Waals surface area (Å²) < 4.78 is 0. The fraction of sp³-hybridized carbons (Fsp3) is 0.0667. The van der Waals surface area contributed by atoms with E-state index in [-0.39, 0.29) is 13.1 Å². The summed E-state index contributed by atoms with van der Waals surface area (Å²) in [6.45, 7) is 0.560. The Morgan fingerprint density at radius 3 is 0.838 bits per heavy atom. The van der Waals surface area contributed by atoms with E-state index < -0.39 is 0 Å². The summed E-state index contributed by atoms with van der Waals surface area (Å²) in [6.07, 6.45) is 0. The van der Waals surface area contributed by atoms with Gasteiger partial charge in [0, 0.05) is 46.0 Å². The first-order chi connectivity index (χ1) is 38.8. The average Bonchev–Trinajstić information content (AvgIpc) is 3.54. The third-order valence-electron chi connectivity index (χ3n) is 12.0. The molecule has 20 heteroatoms. The highest BCUT2D eigenvalue weighted by Gasteiger charge is 2.18. The molecule has 8 aromatic carbocycles. The Morgan fingerprint density at radius 2 is 0.500 bits per heavy atom. The fourth-order valence-corrected chi connectivity index (χ4v) is 10.8. The molecule has 0 bridgehead atoms. The molecule has 4 heterocycles. The first-order valence-electron chi connectivity index (χ1n) is 24.1. The van der Waals surface area contributed by atoms with Crippen LogP contribution in [0.15, 0.2) is 170 Å². The van der Waals surface area contributed by atoms with E-state index >= 15 is 0 Å². The van der Waals surface area contributed by atoms with Gasteiger partial charge in [0.1, 0.15) is 22.1 Å². The maximum absolute atomic E-state index is 6.26. The van der Waals surface area contributed by atoms with Crippen molar-refractivity contribution in [1.29, 1.82) is 0 Å². The highest BCUT2D eigenvalue weighted by atomic mass is 79.9. The zero-order valence-corrected chi connectivity index (χ0v) is 50.7. The summed E-state index contributed by atoms with van der Waals surface area (Å²) >= 11 is 56.6. The Morgan fingerprint density at radius 1 is 0.263 bits per heavy atom. The van der Waals surface area contributed by atoms with Crippen LogP contribution in [0.5, 0.6) is 0 Å². The normalized spacial score (nSPS) is 10.9. The molecule has 0 aliphatic carbocycles. The van der Waals surface area contributed by atoms with Gasteiger partial charge in [-0.1, -0.05) is 222 Å². The number of hydrogen-bond donors (Lipinski definition) is 2. The molecule has 80 heavy (non-hydrogen) atoms. The molecule has 0 amide bonds. The van der Waals surface area contributed by atoms with E-state index in [1.54, 1.807) is 12.1 Å². The molecule has 4 N–H and O–H groups in total. The van der Waals surface area contributed by atoms with Gasteiger partial charge in [0.2, 0.25) is 0 Å². The van der Waals surface area contributed by atoms with E-state index in [9.17, 15) is 0 Å². The van der Waals surface area contributed by atoms with Crippen LogP contribution in [0, 0.1) is 0 Å². The maximum atomic E-state index is 6.26. The molecular weight excluding hydrogens is 1300 g/mol. The van der Waals surface area contributed by atoms with Crippen LogP contribution in [0.4, 0.5) is 0 Å². The Kier molecular flexibility index (Phi) is 20.2. The highest BCUT2D eigenvalue weighted by Crippen LogP contribution is 2.36. The molecule has 12 rings (SSSR count). The monoisotopic (exact) mass is 1340 g/mol. The predicted octanol–water partition coefficient (Wildman–Crippen LogP) is 19.1. The van der Waals surface area contributed by atoms with Crippen molar-refractivity contribution in [3.8, 4) is 45.0 Å². The molecule has 0 unspecified atom stereocenters. The minimum absolute atomic E-state index is 0.273. The van der Waals surface area contributed by atoms with Gasteiger partial charge < -0.3 is 11.5 Å². The number of para-hydroxylation sites is 4. The Labute approximate surface area is 517 Å². The maximum Gasteiger partial charge on any atom is 0.108 e. The molecule has 0 saturated carbocycles. The summed E-state index contributed by atoms with van der Waals surface area (Å²) in [4.78, 5) is 36.9. The number of rotatable bonds is 8. The lowest BCUT2D eigenvalue weighted by Crippen LogP contribution is -2.05. The molecule has 0 aliphatic heterocycles. The summed E-state index contributed by atoms with van der Waals surface area (Å²) in [6, 6.07) is 52.3. The number of benzene rings is 8. The summed E-state index contributed by atoms with van der Waals surface area (Å²) in [7, 11) is 0. The summed E-state index contributed by atoms with van der Waals surface area (Å²) in [5.41, 5.74) is 26.6. The summed E-state index contributed by atoms with van der Waals surface area (Å²) in [5.74, 6) is 0. The van der Waals surface area contributed by atoms with E-state index in [2.05, 4.69) is 71.7 Å². The zero-order valence-electron chi connectivity index (χ0n) is 41.5. The topological polar surface area (TPSA) is 155 Å². The van der Waals surface area contributed by atoms with Crippen LogP contribution in [0.2, 0.25) is 40.2 Å². The van der Waals surface area contributed by atoms with Crippen molar-refractivity contribution in [2.75, 3.05) is 0 Å². The van der Waals surface area contributed by atoms with Crippen LogP contribution in [-0.4, -0.2) is 39.9 Å². The number of fused-ring (bicyclic) bond motifs is 4. The molecule has 0 saturated heterocycles. The van der Waals surface area contributed by atoms with Gasteiger partial charge in [0.05, 0.1) is 108 Å². The first-order valence-corrected chi connectivity index (χ1v) is 29.4. The minimum Gasteiger partial charge on any atom is -0.325 e. The third-order valence-corrected chi connectivity index (χ3v) is 15.6. The predicted molar refractivity (Wildman–Crippen MR) is 341 cm³/mol. The molecule has 0 aliphatic rings. The second kappa shape index (κ2) is 27.4. The lowest BCUT2D eigenvalue weighted by atomic mass is 10.1. The van der Waals surface area contributed by atoms with Crippen molar-refractivity contribution in [3.05, 3.63) is 233 Å². The highest BCUT2D eigenvalue weighted by molar-refractivity contribution is 9.08. The summed E-state index contributed by atoms with van der Waals surface area (Å²) in [5, 5.41) is 6.04. The average molecular weight is 1340 g/mol. The van der Waals surface area contributed by atoms with Gasteiger partial charge in [0.15, 0.2) is 0 Å². The van der Waals surface area contributed by atoms with Crippen molar-refractivity contribution < 1.29 is 0 Å². The van der Waals surface area contributed by atoms with Crippen LogP contribution in [0.1, 0.15) is 22.8 Å². The molecule has 0 fully saturated rings. The van der Waals surface area contributed by atoms with Crippen molar-refractivity contribution in [2.24, 2.45) is 11.5 Å². The quantitative estimate of drug-likeness (QED) is 0.140. The largest absolute Gasteiger partial charge is 0.325 e. The molecule has 0 atom stereocenters. The van der Waals surface area contributed by atoms with Crippen molar-refractivity contribution in [1.82, 2.24) is 39.9 Å². The number of hydrogen-bond acceptors (Lipinski definition) is 10. The standard InChI is InChI=1S/2C15H9BrCl2N2.2C15H11Cl2N3/c16-8-13-14(9-4-1-2-5-10(9)17)19-12-7-3-6-11(18)15(12)20-13;16-8-13-14(9-4-1-2-5-10(9)17)20-15-11(18)6-3-7-12(15)19-13;16-10-5-2-1-4-9(10)14-13(8-18)20-15-11(17)6-3-7-12(15)19-14;16-10-5-2-1-4-9(10)14-13(8-18)19-12-7-3-6-11(17)15(12)20-14/h2*1-7H,8H2;2*1-7H,8,18H2. The van der Waals surface area contributed by atoms with Gasteiger partial charge in [-0.15, -0.1) is 0 Å². The first kappa shape index (κ1) is 59.0. The van der Waals surface area contributed by atoms with E-state index in [4.69, 9.17) is 104 Å². The minimum atomic E-state index is 0.273. The van der Waals surface area contributed by atoms with Crippen LogP contribution >= 0.6 is 125 Å². The van der Waals surface area contributed by atoms with Crippen molar-refractivity contribution >= 4 is 169 Å². The zero-order chi connectivity index (χ0) is 56.5. The lowest BCUT2D eigenvalue weighted by Gasteiger charge is -2.10. The van der Waals surface area contributed by atoms with Gasteiger partial charge in [-0.3, -0.25) is 0 Å². The Bertz CT molecular complexity index is 3960. The lowest BCUT2D eigenvalue weighted by molar-refractivity contribution is 0.992. The SMILES string of the molecule is Clc1ccccc1-c1nc2c(Cl)cccc2nc1CBr.Clc1ccccc1-c1nc2cccc(Cl)c2nc1CBr.NCc1nc2c(Cl)cccc2nc1-c1ccccc1Cl.NCc1nc2cccc(Cl)c2nc1-c1ccccc1Cl. The van der Waals surface area contributed by atoms with Crippen LogP contribution < -0.4 is 11.5 Å². The Hall–Kier alpha value is -5.68. The Balaban J connectivity index is 0.000000129. The number of nitrogens with zero attached hydrogens (tertiary/aromatic N) is 8. The van der Waals surface area contributed by atoms with E-state index in [1.807, 2.05) is 158 Å². The van der Waals surface area contributed by atoms with Gasteiger partial charge in [-0.25, -0.2) is 39.9 Å². The smallest absolute Gasteiger partial charge is 0.108 e. The van der Waals surface area contributed by atoms with E-state index in [1.165, 1.54) is 0 Å². The molecule has 0 radical (unpaired) electrons. The molecule has 12 aromatic rings. The number of halogens is 10. The van der Waals surface area contributed by atoms with Gasteiger partial charge in [0.25, 0.3) is 0 Å².